The van der Waals surface area contributed by atoms with Gasteiger partial charge in [-0.25, -0.2) is 0 Å². The first-order chi connectivity index (χ1) is 6.81. The van der Waals surface area contributed by atoms with Crippen molar-refractivity contribution in [3.63, 3.8) is 0 Å². The van der Waals surface area contributed by atoms with E-state index in [2.05, 4.69) is 39.8 Å². The van der Waals surface area contributed by atoms with Gasteiger partial charge in [0.25, 0.3) is 0 Å². The molecule has 1 aliphatic rings. The average molecular weight is 215 g/mol. The van der Waals surface area contributed by atoms with Gasteiger partial charge in [0.05, 0.1) is 32.3 Å². The Morgan fingerprint density at radius 2 is 1.73 bits per heavy atom. The summed E-state index contributed by atoms with van der Waals surface area (Å²) in [5.74, 6) is 0. The molecular weight excluding hydrogens is 188 g/mol. The number of quaternary nitrogens is 1. The Morgan fingerprint density at radius 3 is 2.20 bits per heavy atom. The monoisotopic (exact) mass is 215 g/mol. The molecule has 1 rings (SSSR count). The summed E-state index contributed by atoms with van der Waals surface area (Å²) in [6.07, 6.45) is 0. The van der Waals surface area contributed by atoms with Crippen LogP contribution in [-0.4, -0.2) is 68.4 Å². The number of hydrogen-bond acceptors (Lipinski definition) is 2. The van der Waals surface area contributed by atoms with E-state index in [1.807, 2.05) is 0 Å². The second-order valence-electron chi connectivity index (χ2n) is 6.05. The van der Waals surface area contributed by atoms with Crippen LogP contribution in [0.5, 0.6) is 0 Å². The molecule has 3 heteroatoms. The standard InChI is InChI=1S/C12H27N2O/c1-12(2,3)15-11-10-14(5)8-6-13(4)7-9-14/h6-11H2,1-5H3/q+1. The molecule has 90 valence electrons. The summed E-state index contributed by atoms with van der Waals surface area (Å²) in [5.41, 5.74) is 0.00569. The third-order valence-corrected chi connectivity index (χ3v) is 3.21. The maximum absolute atomic E-state index is 5.79. The fourth-order valence-corrected chi connectivity index (χ4v) is 1.84. The van der Waals surface area contributed by atoms with Gasteiger partial charge in [-0.1, -0.05) is 0 Å². The van der Waals surface area contributed by atoms with E-state index in [0.29, 0.717) is 0 Å². The van der Waals surface area contributed by atoms with Crippen LogP contribution in [-0.2, 0) is 4.74 Å². The van der Waals surface area contributed by atoms with Crippen molar-refractivity contribution in [1.29, 1.82) is 0 Å². The fourth-order valence-electron chi connectivity index (χ4n) is 1.84. The summed E-state index contributed by atoms with van der Waals surface area (Å²) >= 11 is 0. The Labute approximate surface area is 94.6 Å². The second kappa shape index (κ2) is 4.81. The zero-order chi connectivity index (χ0) is 11.5. The highest BCUT2D eigenvalue weighted by Gasteiger charge is 2.27. The predicted molar refractivity (Wildman–Crippen MR) is 64.0 cm³/mol. The molecule has 1 aliphatic heterocycles. The lowest BCUT2D eigenvalue weighted by molar-refractivity contribution is -0.914. The van der Waals surface area contributed by atoms with Gasteiger partial charge in [-0.2, -0.15) is 0 Å². The van der Waals surface area contributed by atoms with Crippen molar-refractivity contribution in [3.05, 3.63) is 0 Å². The Kier molecular flexibility index (Phi) is 4.15. The lowest BCUT2D eigenvalue weighted by Crippen LogP contribution is -2.57. The molecule has 0 saturated carbocycles. The Balaban J connectivity index is 2.25. The average Bonchev–Trinajstić information content (AvgIpc) is 2.09. The molecule has 0 amide bonds. The van der Waals surface area contributed by atoms with Crippen molar-refractivity contribution >= 4 is 0 Å². The summed E-state index contributed by atoms with van der Waals surface area (Å²) in [4.78, 5) is 2.41. The van der Waals surface area contributed by atoms with Crippen LogP contribution in [0.3, 0.4) is 0 Å². The van der Waals surface area contributed by atoms with Crippen LogP contribution < -0.4 is 0 Å². The van der Waals surface area contributed by atoms with E-state index in [9.17, 15) is 0 Å². The van der Waals surface area contributed by atoms with Gasteiger partial charge in [-0.15, -0.1) is 0 Å². The maximum Gasteiger partial charge on any atom is 0.102 e. The summed E-state index contributed by atoms with van der Waals surface area (Å²) in [6.45, 7) is 13.3. The second-order valence-corrected chi connectivity index (χ2v) is 6.05. The number of ether oxygens (including phenoxy) is 1. The molecule has 15 heavy (non-hydrogen) atoms. The van der Waals surface area contributed by atoms with E-state index in [4.69, 9.17) is 4.74 Å². The molecule has 3 nitrogen and oxygen atoms in total. The van der Waals surface area contributed by atoms with Gasteiger partial charge < -0.3 is 9.22 Å². The van der Waals surface area contributed by atoms with Crippen LogP contribution in [0.2, 0.25) is 0 Å². The number of rotatable bonds is 3. The van der Waals surface area contributed by atoms with Crippen LogP contribution >= 0.6 is 0 Å². The largest absolute Gasteiger partial charge is 0.370 e. The quantitative estimate of drug-likeness (QED) is 0.656. The zero-order valence-corrected chi connectivity index (χ0v) is 11.0. The van der Waals surface area contributed by atoms with Gasteiger partial charge >= 0.3 is 0 Å². The fraction of sp³-hybridized carbons (Fsp3) is 1.00. The number of piperazine rings is 1. The van der Waals surface area contributed by atoms with Gasteiger partial charge in [0.1, 0.15) is 6.54 Å². The summed E-state index contributed by atoms with van der Waals surface area (Å²) in [5, 5.41) is 0. The topological polar surface area (TPSA) is 12.5 Å². The van der Waals surface area contributed by atoms with E-state index in [1.165, 1.54) is 30.7 Å². The van der Waals surface area contributed by atoms with Crippen LogP contribution in [0, 0.1) is 0 Å². The minimum atomic E-state index is 0.00569. The lowest BCUT2D eigenvalue weighted by Gasteiger charge is -2.41. The molecule has 0 aromatic rings. The van der Waals surface area contributed by atoms with E-state index >= 15 is 0 Å². The van der Waals surface area contributed by atoms with Gasteiger partial charge in [-0.05, 0) is 27.8 Å². The molecule has 1 saturated heterocycles. The summed E-state index contributed by atoms with van der Waals surface area (Å²) in [7, 11) is 4.55. The highest BCUT2D eigenvalue weighted by atomic mass is 16.5. The highest BCUT2D eigenvalue weighted by Crippen LogP contribution is 2.11. The Hall–Kier alpha value is -0.120. The molecule has 1 fully saturated rings. The van der Waals surface area contributed by atoms with Gasteiger partial charge in [0, 0.05) is 13.1 Å². The molecule has 0 aliphatic carbocycles. The molecular formula is C12H27N2O+. The normalized spacial score (nSPS) is 23.0. The van der Waals surface area contributed by atoms with Crippen molar-refractivity contribution < 1.29 is 9.22 Å². The molecule has 0 bridgehead atoms. The van der Waals surface area contributed by atoms with Crippen molar-refractivity contribution in [2.75, 3.05) is 53.4 Å². The SMILES string of the molecule is CN1CC[N+](C)(CCOC(C)(C)C)CC1. The Morgan fingerprint density at radius 1 is 1.20 bits per heavy atom. The van der Waals surface area contributed by atoms with Crippen LogP contribution in [0.15, 0.2) is 0 Å². The third-order valence-electron chi connectivity index (χ3n) is 3.21. The summed E-state index contributed by atoms with van der Waals surface area (Å²) in [6, 6.07) is 0. The zero-order valence-electron chi connectivity index (χ0n) is 11.0. The first kappa shape index (κ1) is 12.9. The number of hydrogen-bond donors (Lipinski definition) is 0. The molecule has 0 atom stereocenters. The highest BCUT2D eigenvalue weighted by molar-refractivity contribution is 4.60. The lowest BCUT2D eigenvalue weighted by atomic mass is 10.2. The predicted octanol–water partition coefficient (Wildman–Crippen LogP) is 1.19. The molecule has 1 heterocycles. The van der Waals surface area contributed by atoms with E-state index < -0.39 is 0 Å². The number of nitrogens with zero attached hydrogens (tertiary/aromatic N) is 2. The summed E-state index contributed by atoms with van der Waals surface area (Å²) < 4.78 is 6.96. The molecule has 0 unspecified atom stereocenters. The van der Waals surface area contributed by atoms with Crippen molar-refractivity contribution in [3.8, 4) is 0 Å². The molecule has 0 N–H and O–H groups in total. The van der Waals surface area contributed by atoms with Gasteiger partial charge in [-0.3, -0.25) is 4.90 Å². The molecule has 0 spiro atoms. The van der Waals surface area contributed by atoms with E-state index in [1.54, 1.807) is 0 Å². The number of likely N-dealkylation sites (N-methyl/N-ethyl adjacent to an activating group) is 2. The molecule has 0 aromatic carbocycles. The third kappa shape index (κ3) is 4.96. The van der Waals surface area contributed by atoms with E-state index in [0.717, 1.165) is 13.2 Å². The maximum atomic E-state index is 5.79. The van der Waals surface area contributed by atoms with Crippen LogP contribution in [0.4, 0.5) is 0 Å². The first-order valence-electron chi connectivity index (χ1n) is 5.97. The minimum Gasteiger partial charge on any atom is -0.370 e. The molecule has 0 radical (unpaired) electrons. The Bertz CT molecular complexity index is 190. The van der Waals surface area contributed by atoms with Crippen molar-refractivity contribution in [2.45, 2.75) is 26.4 Å². The smallest absolute Gasteiger partial charge is 0.102 e. The van der Waals surface area contributed by atoms with Gasteiger partial charge in [0.2, 0.25) is 0 Å². The molecule has 0 aromatic heterocycles. The van der Waals surface area contributed by atoms with Gasteiger partial charge in [0.15, 0.2) is 0 Å². The van der Waals surface area contributed by atoms with Crippen molar-refractivity contribution in [2.24, 2.45) is 0 Å². The van der Waals surface area contributed by atoms with E-state index in [-0.39, 0.29) is 5.60 Å². The van der Waals surface area contributed by atoms with Crippen LogP contribution in [0.25, 0.3) is 0 Å². The van der Waals surface area contributed by atoms with Crippen molar-refractivity contribution in [1.82, 2.24) is 4.90 Å². The first-order valence-corrected chi connectivity index (χ1v) is 5.97. The van der Waals surface area contributed by atoms with Crippen LogP contribution in [0.1, 0.15) is 20.8 Å². The minimum absolute atomic E-state index is 0.00569.